The molecule has 1 amide bonds. The molecule has 0 saturated heterocycles. The van der Waals surface area contributed by atoms with Crippen molar-refractivity contribution in [3.63, 3.8) is 0 Å². The number of methoxy groups -OCH3 is 1. The van der Waals surface area contributed by atoms with E-state index in [1.165, 1.54) is 7.11 Å². The number of nitrogens with one attached hydrogen (secondary N) is 1. The van der Waals surface area contributed by atoms with E-state index in [1.807, 2.05) is 41.5 Å². The molecular weight excluding hydrogens is 378 g/mol. The number of benzene rings is 2. The fourth-order valence-electron chi connectivity index (χ4n) is 3.13. The van der Waals surface area contributed by atoms with Crippen LogP contribution < -0.4 is 10.1 Å². The van der Waals surface area contributed by atoms with E-state index in [0.717, 1.165) is 33.4 Å². The van der Waals surface area contributed by atoms with Crippen LogP contribution in [0, 0.1) is 41.5 Å². The van der Waals surface area contributed by atoms with Crippen molar-refractivity contribution in [2.75, 3.05) is 19.0 Å². The van der Waals surface area contributed by atoms with E-state index < -0.39 is 18.5 Å². The molecule has 28 heavy (non-hydrogen) atoms. The predicted molar refractivity (Wildman–Crippen MR) is 112 cm³/mol. The lowest BCUT2D eigenvalue weighted by molar-refractivity contribution is -0.119. The standard InChI is InChI=1S/C22H26ClNO4/c1-11-8-18(19(27-7)9-17(11)23)24-20(25)10-28-22(26)21-15(5)13(3)12(2)14(4)16(21)6/h8-9H,10H2,1-7H3,(H,24,25). The molecule has 150 valence electrons. The zero-order valence-electron chi connectivity index (χ0n) is 17.4. The van der Waals surface area contributed by atoms with E-state index >= 15 is 0 Å². The highest BCUT2D eigenvalue weighted by Gasteiger charge is 2.20. The summed E-state index contributed by atoms with van der Waals surface area (Å²) in [6, 6.07) is 3.34. The Kier molecular flexibility index (Phi) is 6.73. The Morgan fingerprint density at radius 3 is 2.00 bits per heavy atom. The average molecular weight is 404 g/mol. The fraction of sp³-hybridized carbons (Fsp3) is 0.364. The second kappa shape index (κ2) is 8.65. The van der Waals surface area contributed by atoms with E-state index in [4.69, 9.17) is 21.1 Å². The number of esters is 1. The van der Waals surface area contributed by atoms with Crippen molar-refractivity contribution in [1.29, 1.82) is 0 Å². The van der Waals surface area contributed by atoms with Crippen molar-refractivity contribution in [1.82, 2.24) is 0 Å². The molecule has 6 heteroatoms. The predicted octanol–water partition coefficient (Wildman–Crippen LogP) is 4.99. The molecule has 2 aromatic carbocycles. The topological polar surface area (TPSA) is 64.6 Å². The Bertz CT molecular complexity index is 921. The van der Waals surface area contributed by atoms with Crippen LogP contribution in [-0.2, 0) is 9.53 Å². The zero-order valence-corrected chi connectivity index (χ0v) is 18.1. The van der Waals surface area contributed by atoms with Gasteiger partial charge in [-0.2, -0.15) is 0 Å². The summed E-state index contributed by atoms with van der Waals surface area (Å²) in [4.78, 5) is 24.9. The van der Waals surface area contributed by atoms with Crippen molar-refractivity contribution < 1.29 is 19.1 Å². The Hall–Kier alpha value is -2.53. The van der Waals surface area contributed by atoms with E-state index in [-0.39, 0.29) is 0 Å². The first kappa shape index (κ1) is 21.8. The third-order valence-electron chi connectivity index (χ3n) is 5.29. The van der Waals surface area contributed by atoms with E-state index in [0.29, 0.717) is 22.0 Å². The summed E-state index contributed by atoms with van der Waals surface area (Å²) >= 11 is 6.08. The second-order valence-electron chi connectivity index (χ2n) is 6.93. The first-order chi connectivity index (χ1) is 13.1. The highest BCUT2D eigenvalue weighted by Crippen LogP contribution is 2.31. The third kappa shape index (κ3) is 4.30. The summed E-state index contributed by atoms with van der Waals surface area (Å²) in [7, 11) is 1.49. The van der Waals surface area contributed by atoms with Gasteiger partial charge in [-0.3, -0.25) is 4.79 Å². The van der Waals surface area contributed by atoms with Crippen LogP contribution in [0.1, 0.15) is 43.7 Å². The highest BCUT2D eigenvalue weighted by molar-refractivity contribution is 6.31. The number of ether oxygens (including phenoxy) is 2. The van der Waals surface area contributed by atoms with Crippen LogP contribution in [0.4, 0.5) is 5.69 Å². The Balaban J connectivity index is 2.15. The molecule has 0 spiro atoms. The smallest absolute Gasteiger partial charge is 0.339 e. The minimum absolute atomic E-state index is 0.394. The van der Waals surface area contributed by atoms with Gasteiger partial charge in [0.25, 0.3) is 5.91 Å². The second-order valence-corrected chi connectivity index (χ2v) is 7.33. The summed E-state index contributed by atoms with van der Waals surface area (Å²) in [6.07, 6.45) is 0. The summed E-state index contributed by atoms with van der Waals surface area (Å²) in [5.41, 5.74) is 6.82. The van der Waals surface area contributed by atoms with Gasteiger partial charge >= 0.3 is 5.97 Å². The molecule has 0 unspecified atom stereocenters. The van der Waals surface area contributed by atoms with Gasteiger partial charge in [0.15, 0.2) is 6.61 Å². The first-order valence-corrected chi connectivity index (χ1v) is 9.34. The summed E-state index contributed by atoms with van der Waals surface area (Å²) in [6.45, 7) is 11.2. The van der Waals surface area contributed by atoms with Crippen LogP contribution in [0.2, 0.25) is 5.02 Å². The van der Waals surface area contributed by atoms with Gasteiger partial charge in [-0.25, -0.2) is 4.79 Å². The molecule has 0 aliphatic rings. The van der Waals surface area contributed by atoms with Crippen LogP contribution in [0.25, 0.3) is 0 Å². The number of carbonyl (C=O) groups excluding carboxylic acids is 2. The van der Waals surface area contributed by atoms with Crippen LogP contribution >= 0.6 is 11.6 Å². The average Bonchev–Trinajstić information content (AvgIpc) is 2.66. The summed E-state index contributed by atoms with van der Waals surface area (Å²) in [5, 5.41) is 3.24. The molecule has 0 heterocycles. The van der Waals surface area contributed by atoms with Gasteiger partial charge in [0.2, 0.25) is 0 Å². The van der Waals surface area contributed by atoms with Crippen LogP contribution in [0.3, 0.4) is 0 Å². The van der Waals surface area contributed by atoms with Gasteiger partial charge in [0, 0.05) is 11.1 Å². The lowest BCUT2D eigenvalue weighted by Crippen LogP contribution is -2.22. The van der Waals surface area contributed by atoms with Gasteiger partial charge in [-0.15, -0.1) is 0 Å². The van der Waals surface area contributed by atoms with Crippen LogP contribution in [-0.4, -0.2) is 25.6 Å². The molecule has 0 atom stereocenters. The van der Waals surface area contributed by atoms with Gasteiger partial charge in [0.05, 0.1) is 18.4 Å². The van der Waals surface area contributed by atoms with Crippen molar-refractivity contribution in [3.05, 3.63) is 56.1 Å². The van der Waals surface area contributed by atoms with E-state index in [9.17, 15) is 9.59 Å². The van der Waals surface area contributed by atoms with Gasteiger partial charge in [0.1, 0.15) is 5.75 Å². The Labute approximate surface area is 171 Å². The molecule has 0 aliphatic carbocycles. The monoisotopic (exact) mass is 403 g/mol. The normalized spacial score (nSPS) is 10.6. The van der Waals surface area contributed by atoms with E-state index in [1.54, 1.807) is 12.1 Å². The molecule has 0 aliphatic heterocycles. The SMILES string of the molecule is COc1cc(Cl)c(C)cc1NC(=O)COC(=O)c1c(C)c(C)c(C)c(C)c1C. The van der Waals surface area contributed by atoms with Gasteiger partial charge in [-0.1, -0.05) is 11.6 Å². The van der Waals surface area contributed by atoms with Crippen molar-refractivity contribution in [2.45, 2.75) is 41.5 Å². The summed E-state index contributed by atoms with van der Waals surface area (Å²) < 4.78 is 10.5. The third-order valence-corrected chi connectivity index (χ3v) is 5.70. The van der Waals surface area contributed by atoms with Crippen molar-refractivity contribution in [3.8, 4) is 5.75 Å². The maximum Gasteiger partial charge on any atom is 0.339 e. The highest BCUT2D eigenvalue weighted by atomic mass is 35.5. The van der Waals surface area contributed by atoms with Crippen molar-refractivity contribution >= 4 is 29.2 Å². The molecule has 0 aromatic heterocycles. The number of amides is 1. The fourth-order valence-corrected chi connectivity index (χ4v) is 3.28. The van der Waals surface area contributed by atoms with Crippen molar-refractivity contribution in [2.24, 2.45) is 0 Å². The number of hydrogen-bond acceptors (Lipinski definition) is 4. The number of carbonyl (C=O) groups is 2. The molecular formula is C22H26ClNO4. The van der Waals surface area contributed by atoms with E-state index in [2.05, 4.69) is 5.32 Å². The first-order valence-electron chi connectivity index (χ1n) is 8.96. The largest absolute Gasteiger partial charge is 0.495 e. The number of hydrogen-bond donors (Lipinski definition) is 1. The molecule has 5 nitrogen and oxygen atoms in total. The van der Waals surface area contributed by atoms with Gasteiger partial charge in [-0.05, 0) is 81.0 Å². The van der Waals surface area contributed by atoms with Crippen LogP contribution in [0.5, 0.6) is 5.75 Å². The quantitative estimate of drug-likeness (QED) is 0.714. The number of rotatable bonds is 5. The molecule has 0 radical (unpaired) electrons. The lowest BCUT2D eigenvalue weighted by atomic mass is 9.90. The molecule has 2 rings (SSSR count). The zero-order chi connectivity index (χ0) is 21.2. The maximum absolute atomic E-state index is 12.6. The molecule has 0 bridgehead atoms. The lowest BCUT2D eigenvalue weighted by Gasteiger charge is -2.18. The molecule has 2 aromatic rings. The molecule has 0 saturated carbocycles. The summed E-state index contributed by atoms with van der Waals surface area (Å²) in [5.74, 6) is -0.522. The Morgan fingerprint density at radius 2 is 1.46 bits per heavy atom. The van der Waals surface area contributed by atoms with Gasteiger partial charge < -0.3 is 14.8 Å². The molecule has 1 N–H and O–H groups in total. The Morgan fingerprint density at radius 1 is 0.929 bits per heavy atom. The minimum Gasteiger partial charge on any atom is -0.495 e. The number of aryl methyl sites for hydroxylation is 1. The number of halogens is 1. The maximum atomic E-state index is 12.6. The molecule has 0 fully saturated rings. The minimum atomic E-state index is -0.504. The van der Waals surface area contributed by atoms with Crippen LogP contribution in [0.15, 0.2) is 12.1 Å². The number of anilines is 1.